The van der Waals surface area contributed by atoms with Crippen LogP contribution in [0.15, 0.2) is 84.9 Å². The Labute approximate surface area is 133 Å². The van der Waals surface area contributed by atoms with E-state index in [2.05, 4.69) is 97.2 Å². The van der Waals surface area contributed by atoms with E-state index >= 15 is 0 Å². The van der Waals surface area contributed by atoms with Crippen LogP contribution in [0.5, 0.6) is 0 Å². The van der Waals surface area contributed by atoms with Crippen molar-refractivity contribution in [2.45, 2.75) is 6.92 Å². The van der Waals surface area contributed by atoms with Gasteiger partial charge in [0.2, 0.25) is 0 Å². The Morgan fingerprint density at radius 1 is 0.636 bits per heavy atom. The van der Waals surface area contributed by atoms with Crippen LogP contribution in [-0.4, -0.2) is 6.54 Å². The van der Waals surface area contributed by atoms with Gasteiger partial charge in [0.05, 0.1) is 0 Å². The van der Waals surface area contributed by atoms with Crippen molar-refractivity contribution in [3.05, 3.63) is 84.9 Å². The predicted molar refractivity (Wildman–Crippen MR) is 99.3 cm³/mol. The molecule has 0 saturated heterocycles. The van der Waals surface area contributed by atoms with Crippen molar-refractivity contribution >= 4 is 29.5 Å². The van der Waals surface area contributed by atoms with E-state index in [1.54, 1.807) is 0 Å². The number of benzene rings is 3. The zero-order valence-corrected chi connectivity index (χ0v) is 13.6. The molecule has 3 aromatic carbocycles. The molecule has 2 heteroatoms. The van der Waals surface area contributed by atoms with Gasteiger partial charge in [-0.1, -0.05) is 72.8 Å². The van der Waals surface area contributed by atoms with E-state index in [9.17, 15) is 0 Å². The molecule has 0 unspecified atom stereocenters. The second-order valence-electron chi connectivity index (χ2n) is 5.08. The third-order valence-corrected chi connectivity index (χ3v) is 5.98. The number of hydrogen-bond donors (Lipinski definition) is 1. The monoisotopic (exact) mass is 305 g/mol. The molecule has 110 valence electrons. The van der Waals surface area contributed by atoms with Gasteiger partial charge in [-0.2, -0.15) is 0 Å². The largest absolute Gasteiger partial charge is 0.385 e. The van der Waals surface area contributed by atoms with Crippen LogP contribution in [0.25, 0.3) is 0 Å². The molecule has 1 N–H and O–H groups in total. The Morgan fingerprint density at radius 2 is 1.09 bits per heavy atom. The number of nitrogens with one attached hydrogen (secondary N) is 1. The average Bonchev–Trinajstić information content (AvgIpc) is 2.59. The first-order valence-corrected chi connectivity index (χ1v) is 8.97. The second kappa shape index (κ2) is 7.24. The molecule has 0 aliphatic heterocycles. The van der Waals surface area contributed by atoms with E-state index in [1.807, 2.05) is 0 Å². The molecule has 0 atom stereocenters. The quantitative estimate of drug-likeness (QED) is 0.706. The van der Waals surface area contributed by atoms with Crippen molar-refractivity contribution in [1.82, 2.24) is 0 Å². The van der Waals surface area contributed by atoms with Gasteiger partial charge in [-0.05, 0) is 42.9 Å². The Balaban J connectivity index is 2.02. The van der Waals surface area contributed by atoms with Crippen molar-refractivity contribution in [3.63, 3.8) is 0 Å². The maximum Gasteiger partial charge on any atom is 0.0340 e. The van der Waals surface area contributed by atoms with Crippen molar-refractivity contribution in [2.75, 3.05) is 11.9 Å². The molecule has 1 nitrogen and oxygen atoms in total. The summed E-state index contributed by atoms with van der Waals surface area (Å²) in [5.74, 6) is 0. The van der Waals surface area contributed by atoms with Gasteiger partial charge in [0.15, 0.2) is 0 Å². The van der Waals surface area contributed by atoms with Crippen LogP contribution in [-0.2, 0) is 0 Å². The lowest BCUT2D eigenvalue weighted by Gasteiger charge is -2.19. The first-order valence-electron chi connectivity index (χ1n) is 7.62. The zero-order valence-electron chi connectivity index (χ0n) is 12.7. The zero-order chi connectivity index (χ0) is 15.2. The van der Waals surface area contributed by atoms with E-state index in [1.165, 1.54) is 21.6 Å². The van der Waals surface area contributed by atoms with Crippen molar-refractivity contribution < 1.29 is 0 Å². The number of anilines is 1. The van der Waals surface area contributed by atoms with Crippen LogP contribution in [0.3, 0.4) is 0 Å². The fourth-order valence-corrected chi connectivity index (χ4v) is 4.82. The molecule has 3 aromatic rings. The SMILES string of the molecule is CCNc1ccc(P(c2ccccc2)c2ccccc2)cc1. The molecule has 0 aliphatic rings. The Bertz CT molecular complexity index is 653. The highest BCUT2D eigenvalue weighted by Crippen LogP contribution is 2.32. The molecule has 0 aliphatic carbocycles. The third kappa shape index (κ3) is 3.37. The lowest BCUT2D eigenvalue weighted by molar-refractivity contribution is 1.21. The van der Waals surface area contributed by atoms with Crippen molar-refractivity contribution in [1.29, 1.82) is 0 Å². The minimum atomic E-state index is -0.495. The molecule has 0 amide bonds. The van der Waals surface area contributed by atoms with Gasteiger partial charge in [-0.3, -0.25) is 0 Å². The highest BCUT2D eigenvalue weighted by atomic mass is 31.1. The number of hydrogen-bond acceptors (Lipinski definition) is 1. The minimum absolute atomic E-state index is 0.495. The fraction of sp³-hybridized carbons (Fsp3) is 0.100. The molecule has 0 saturated carbocycles. The first kappa shape index (κ1) is 14.8. The topological polar surface area (TPSA) is 12.0 Å². The Morgan fingerprint density at radius 3 is 1.55 bits per heavy atom. The molecule has 22 heavy (non-hydrogen) atoms. The average molecular weight is 305 g/mol. The highest BCUT2D eigenvalue weighted by molar-refractivity contribution is 7.79. The van der Waals surface area contributed by atoms with Crippen LogP contribution < -0.4 is 21.2 Å². The summed E-state index contributed by atoms with van der Waals surface area (Å²) in [6.45, 7) is 3.07. The molecule has 3 rings (SSSR count). The Kier molecular flexibility index (Phi) is 4.88. The summed E-state index contributed by atoms with van der Waals surface area (Å²) in [5, 5.41) is 7.52. The summed E-state index contributed by atoms with van der Waals surface area (Å²) in [6.07, 6.45) is 0. The fourth-order valence-electron chi connectivity index (χ4n) is 2.53. The summed E-state index contributed by atoms with van der Waals surface area (Å²) in [6, 6.07) is 30.5. The molecular formula is C20H20NP. The van der Waals surface area contributed by atoms with E-state index in [-0.39, 0.29) is 0 Å². The molecular weight excluding hydrogens is 285 g/mol. The maximum absolute atomic E-state index is 3.36. The summed E-state index contributed by atoms with van der Waals surface area (Å²) in [7, 11) is -0.495. The van der Waals surface area contributed by atoms with Crippen LogP contribution >= 0.6 is 7.92 Å². The highest BCUT2D eigenvalue weighted by Gasteiger charge is 2.15. The summed E-state index contributed by atoms with van der Waals surface area (Å²) >= 11 is 0. The van der Waals surface area contributed by atoms with Gasteiger partial charge in [-0.25, -0.2) is 0 Å². The molecule has 0 heterocycles. The van der Waals surface area contributed by atoms with Crippen LogP contribution in [0.4, 0.5) is 5.69 Å². The molecule has 0 fully saturated rings. The van der Waals surface area contributed by atoms with Gasteiger partial charge in [0.25, 0.3) is 0 Å². The molecule has 0 spiro atoms. The van der Waals surface area contributed by atoms with Gasteiger partial charge in [-0.15, -0.1) is 0 Å². The van der Waals surface area contributed by atoms with Crippen molar-refractivity contribution in [2.24, 2.45) is 0 Å². The summed E-state index contributed by atoms with van der Waals surface area (Å²) < 4.78 is 0. The first-order chi connectivity index (χ1) is 10.9. The van der Waals surface area contributed by atoms with E-state index in [4.69, 9.17) is 0 Å². The standard InChI is InChI=1S/C20H20NP/c1-2-21-17-13-15-20(16-14-17)22(18-9-5-3-6-10-18)19-11-7-4-8-12-19/h3-16,21H,2H2,1H3. The molecule has 0 bridgehead atoms. The lowest BCUT2D eigenvalue weighted by atomic mass is 10.3. The van der Waals surface area contributed by atoms with Gasteiger partial charge in [0, 0.05) is 12.2 Å². The predicted octanol–water partition coefficient (Wildman–Crippen LogP) is 3.88. The van der Waals surface area contributed by atoms with Gasteiger partial charge < -0.3 is 5.32 Å². The molecule has 0 aromatic heterocycles. The third-order valence-electron chi connectivity index (χ3n) is 3.54. The summed E-state index contributed by atoms with van der Waals surface area (Å²) in [5.41, 5.74) is 1.18. The minimum Gasteiger partial charge on any atom is -0.385 e. The second-order valence-corrected chi connectivity index (χ2v) is 7.30. The Hall–Kier alpha value is -2.11. The van der Waals surface area contributed by atoms with E-state index in [0.717, 1.165) is 6.54 Å². The van der Waals surface area contributed by atoms with E-state index < -0.39 is 7.92 Å². The smallest absolute Gasteiger partial charge is 0.0340 e. The lowest BCUT2D eigenvalue weighted by Crippen LogP contribution is -2.20. The summed E-state index contributed by atoms with van der Waals surface area (Å²) in [4.78, 5) is 0. The van der Waals surface area contributed by atoms with E-state index in [0.29, 0.717) is 0 Å². The van der Waals surface area contributed by atoms with Gasteiger partial charge in [0.1, 0.15) is 0 Å². The molecule has 0 radical (unpaired) electrons. The maximum atomic E-state index is 3.36. The normalized spacial score (nSPS) is 10.6. The van der Waals surface area contributed by atoms with Crippen molar-refractivity contribution in [3.8, 4) is 0 Å². The number of rotatable bonds is 5. The van der Waals surface area contributed by atoms with Crippen LogP contribution in [0.1, 0.15) is 6.92 Å². The van der Waals surface area contributed by atoms with Gasteiger partial charge >= 0.3 is 0 Å². The van der Waals surface area contributed by atoms with Crippen LogP contribution in [0.2, 0.25) is 0 Å². The van der Waals surface area contributed by atoms with Crippen LogP contribution in [0, 0.1) is 0 Å².